The van der Waals surface area contributed by atoms with Gasteiger partial charge in [-0.15, -0.1) is 6.58 Å². The van der Waals surface area contributed by atoms with Crippen LogP contribution in [0.25, 0.3) is 0 Å². The zero-order chi connectivity index (χ0) is 26.1. The first-order chi connectivity index (χ1) is 17.4. The number of hydrogen-bond donors (Lipinski definition) is 3. The predicted molar refractivity (Wildman–Crippen MR) is 139 cm³/mol. The second kappa shape index (κ2) is 13.0. The molecule has 0 bridgehead atoms. The molecule has 1 fully saturated rings. The number of nitrogens with two attached hydrogens (primary N) is 1. The topological polar surface area (TPSA) is 114 Å². The van der Waals surface area contributed by atoms with Crippen LogP contribution in [0.3, 0.4) is 0 Å². The van der Waals surface area contributed by atoms with Crippen LogP contribution >= 0.6 is 0 Å². The summed E-state index contributed by atoms with van der Waals surface area (Å²) in [6.07, 6.45) is 7.51. The number of benzene rings is 1. The Labute approximate surface area is 213 Å². The summed E-state index contributed by atoms with van der Waals surface area (Å²) < 4.78 is 0. The number of amides is 4. The summed E-state index contributed by atoms with van der Waals surface area (Å²) >= 11 is 0. The highest BCUT2D eigenvalue weighted by Gasteiger charge is 2.39. The summed E-state index contributed by atoms with van der Waals surface area (Å²) in [5, 5.41) is 9.48. The van der Waals surface area contributed by atoms with Crippen LogP contribution in [0.15, 0.2) is 66.8 Å². The first-order valence-corrected chi connectivity index (χ1v) is 12.2. The van der Waals surface area contributed by atoms with Gasteiger partial charge in [0.15, 0.2) is 0 Å². The minimum atomic E-state index is -0.675. The van der Waals surface area contributed by atoms with Crippen molar-refractivity contribution in [2.45, 2.75) is 31.7 Å². The molecule has 1 saturated heterocycles. The van der Waals surface area contributed by atoms with Crippen LogP contribution in [0.2, 0.25) is 0 Å². The number of nitrogens with zero attached hydrogens (tertiary/aromatic N) is 4. The summed E-state index contributed by atoms with van der Waals surface area (Å²) in [5.74, 6) is -0.181. The van der Waals surface area contributed by atoms with Crippen molar-refractivity contribution in [1.82, 2.24) is 30.5 Å². The van der Waals surface area contributed by atoms with E-state index in [4.69, 9.17) is 5.73 Å². The molecule has 3 atom stereocenters. The number of likely N-dealkylation sites (N-methyl/N-ethyl adjacent to an activating group) is 2. The second-order valence-electron chi connectivity index (χ2n) is 8.81. The number of rotatable bonds is 11. The Bertz CT molecular complexity index is 981. The highest BCUT2D eigenvalue weighted by atomic mass is 16.2. The molecule has 4 amide bonds. The Morgan fingerprint density at radius 3 is 2.69 bits per heavy atom. The number of hydrogen-bond acceptors (Lipinski definition) is 6. The van der Waals surface area contributed by atoms with E-state index in [1.165, 1.54) is 9.91 Å². The van der Waals surface area contributed by atoms with Crippen molar-refractivity contribution in [2.24, 2.45) is 5.73 Å². The van der Waals surface area contributed by atoms with Crippen LogP contribution in [0, 0.1) is 0 Å². The fourth-order valence-corrected chi connectivity index (χ4v) is 4.42. The smallest absolute Gasteiger partial charge is 0.333 e. The van der Waals surface area contributed by atoms with E-state index in [2.05, 4.69) is 17.2 Å². The molecule has 1 aliphatic heterocycles. The van der Waals surface area contributed by atoms with Crippen molar-refractivity contribution < 1.29 is 14.4 Å². The average molecular weight is 496 g/mol. The number of carbonyl (C=O) groups is 3. The van der Waals surface area contributed by atoms with Gasteiger partial charge in [-0.1, -0.05) is 61.6 Å². The fourth-order valence-electron chi connectivity index (χ4n) is 4.42. The Kier molecular flexibility index (Phi) is 9.80. The van der Waals surface area contributed by atoms with E-state index < -0.39 is 6.17 Å². The van der Waals surface area contributed by atoms with E-state index in [1.54, 1.807) is 11.0 Å². The van der Waals surface area contributed by atoms with E-state index in [9.17, 15) is 14.4 Å². The minimum Gasteiger partial charge on any atom is -0.333 e. The zero-order valence-electron chi connectivity index (χ0n) is 21.0. The van der Waals surface area contributed by atoms with Gasteiger partial charge in [0.25, 0.3) is 0 Å². The highest BCUT2D eigenvalue weighted by molar-refractivity contribution is 5.82. The monoisotopic (exact) mass is 495 g/mol. The maximum Gasteiger partial charge on any atom is 0.334 e. The van der Waals surface area contributed by atoms with Crippen molar-refractivity contribution in [1.29, 1.82) is 0 Å². The molecule has 0 spiro atoms. The van der Waals surface area contributed by atoms with Crippen LogP contribution in [0.4, 0.5) is 4.79 Å². The summed E-state index contributed by atoms with van der Waals surface area (Å²) in [6, 6.07) is 9.07. The third-order valence-corrected chi connectivity index (χ3v) is 6.41. The van der Waals surface area contributed by atoms with Gasteiger partial charge in [0, 0.05) is 38.3 Å². The lowest BCUT2D eigenvalue weighted by atomic mass is 9.98. The van der Waals surface area contributed by atoms with Crippen molar-refractivity contribution in [3.05, 3.63) is 72.4 Å². The minimum absolute atomic E-state index is 0.0319. The van der Waals surface area contributed by atoms with Gasteiger partial charge < -0.3 is 26.2 Å². The van der Waals surface area contributed by atoms with E-state index >= 15 is 0 Å². The second-order valence-corrected chi connectivity index (χ2v) is 8.81. The molecule has 36 heavy (non-hydrogen) atoms. The zero-order valence-corrected chi connectivity index (χ0v) is 21.0. The van der Waals surface area contributed by atoms with Crippen molar-refractivity contribution >= 4 is 18.3 Å². The van der Waals surface area contributed by atoms with Gasteiger partial charge in [-0.2, -0.15) is 0 Å². The Morgan fingerprint density at radius 1 is 1.31 bits per heavy atom. The van der Waals surface area contributed by atoms with Crippen LogP contribution in [-0.4, -0.2) is 96.2 Å². The summed E-state index contributed by atoms with van der Waals surface area (Å²) in [7, 11) is 1.84. The van der Waals surface area contributed by atoms with Gasteiger partial charge >= 0.3 is 6.03 Å². The highest BCUT2D eigenvalue weighted by Crippen LogP contribution is 2.20. The molecule has 1 aromatic rings. The molecule has 2 aliphatic rings. The molecule has 0 saturated carbocycles. The summed E-state index contributed by atoms with van der Waals surface area (Å²) in [5.41, 5.74) is 8.01. The molecule has 3 rings (SSSR count). The molecule has 10 nitrogen and oxygen atoms in total. The van der Waals surface area contributed by atoms with E-state index in [0.29, 0.717) is 32.6 Å². The molecule has 10 heteroatoms. The lowest BCUT2D eigenvalue weighted by Crippen LogP contribution is -2.67. The maximum absolute atomic E-state index is 13.5. The maximum atomic E-state index is 13.5. The van der Waals surface area contributed by atoms with Gasteiger partial charge in [0.2, 0.25) is 12.3 Å². The van der Waals surface area contributed by atoms with Gasteiger partial charge in [0.1, 0.15) is 12.7 Å². The lowest BCUT2D eigenvalue weighted by Gasteiger charge is -2.47. The molecule has 1 aromatic carbocycles. The number of hydrazine groups is 1. The van der Waals surface area contributed by atoms with E-state index in [0.717, 1.165) is 11.1 Å². The fraction of sp³-hybridized carbons (Fsp3) is 0.423. The first-order valence-electron chi connectivity index (χ1n) is 12.2. The lowest BCUT2D eigenvalue weighted by molar-refractivity contribution is -0.156. The number of piperazine rings is 1. The molecule has 1 heterocycles. The number of carbonyl (C=O) groups excluding carboxylic acids is 3. The Morgan fingerprint density at radius 2 is 2.06 bits per heavy atom. The van der Waals surface area contributed by atoms with Crippen molar-refractivity contribution in [2.75, 3.05) is 39.8 Å². The largest absolute Gasteiger partial charge is 0.334 e. The van der Waals surface area contributed by atoms with Crippen molar-refractivity contribution in [3.63, 3.8) is 0 Å². The third-order valence-electron chi connectivity index (χ3n) is 6.41. The number of urea groups is 1. The van der Waals surface area contributed by atoms with Crippen molar-refractivity contribution in [3.8, 4) is 0 Å². The standard InChI is InChI=1S/C26H37N7O3/c1-4-13-32(5-2)33(26(36)29-15-20-9-7-6-8-10-20)24-17-30(25(35)18-31(24)19-34)16-21-11-12-22(27)23(14-21)28-3/h4,6-12,14,19,22-24,28H,1,5,13,15-18,27H2,2-3H3,(H,29,36)/t22?,23?,24-/m0/s1. The van der Waals surface area contributed by atoms with Gasteiger partial charge in [-0.05, 0) is 18.2 Å². The predicted octanol–water partition coefficient (Wildman–Crippen LogP) is 0.659. The third kappa shape index (κ3) is 6.60. The molecule has 4 N–H and O–H groups in total. The molecule has 2 unspecified atom stereocenters. The quantitative estimate of drug-likeness (QED) is 0.236. The Balaban J connectivity index is 1.84. The molecule has 194 valence electrons. The average Bonchev–Trinajstić information content (AvgIpc) is 2.90. The van der Waals surface area contributed by atoms with E-state index in [1.807, 2.05) is 67.5 Å². The molecule has 1 aliphatic carbocycles. The summed E-state index contributed by atoms with van der Waals surface area (Å²) in [6.45, 7) is 7.41. The van der Waals surface area contributed by atoms with Gasteiger partial charge in [-0.3, -0.25) is 9.59 Å². The van der Waals surface area contributed by atoms with Crippen LogP contribution in [0.5, 0.6) is 0 Å². The van der Waals surface area contributed by atoms with Gasteiger partial charge in [-0.25, -0.2) is 14.8 Å². The van der Waals surface area contributed by atoms with Crippen LogP contribution in [0.1, 0.15) is 12.5 Å². The number of nitrogens with one attached hydrogen (secondary N) is 2. The van der Waals surface area contributed by atoms with E-state index in [-0.39, 0.29) is 37.1 Å². The SMILES string of the molecule is C=CCN(CC)N(C(=O)NCc1ccccc1)[C@H]1CN(CC2=CC(NC)C(N)C=C2)C(=O)CN1C=O. The molecule has 0 radical (unpaired) electrons. The Hall–Kier alpha value is -3.47. The molecular weight excluding hydrogens is 458 g/mol. The summed E-state index contributed by atoms with van der Waals surface area (Å²) in [4.78, 5) is 41.5. The van der Waals surface area contributed by atoms with Crippen LogP contribution in [-0.2, 0) is 16.1 Å². The molecule has 0 aromatic heterocycles. The molecular formula is C26H37N7O3. The van der Waals surface area contributed by atoms with Gasteiger partial charge in [0.05, 0.1) is 6.54 Å². The van der Waals surface area contributed by atoms with Crippen LogP contribution < -0.4 is 16.4 Å². The first kappa shape index (κ1) is 27.1. The normalized spacial score (nSPS) is 21.8.